The maximum absolute atomic E-state index is 11.0. The Morgan fingerprint density at radius 2 is 1.24 bits per heavy atom. The van der Waals surface area contributed by atoms with Crippen LogP contribution in [0.3, 0.4) is 0 Å². The van der Waals surface area contributed by atoms with E-state index >= 15 is 0 Å². The van der Waals surface area contributed by atoms with Crippen LogP contribution in [0, 0.1) is 20.8 Å². The van der Waals surface area contributed by atoms with E-state index < -0.39 is 0 Å². The van der Waals surface area contributed by atoms with E-state index in [1.165, 1.54) is 18.2 Å². The molecular formula is C31H27N7O3. The zero-order valence-electron chi connectivity index (χ0n) is 22.6. The molecular weight excluding hydrogens is 518 g/mol. The highest BCUT2D eigenvalue weighted by Crippen LogP contribution is 2.42. The number of phenolic OH excluding ortho intramolecular Hbond substituents is 3. The van der Waals surface area contributed by atoms with Crippen molar-refractivity contribution < 1.29 is 15.3 Å². The third-order valence-corrected chi connectivity index (χ3v) is 6.40. The molecule has 0 saturated carbocycles. The summed E-state index contributed by atoms with van der Waals surface area (Å²) in [6.07, 6.45) is 0. The molecule has 0 heterocycles. The number of anilines is 1. The second-order valence-corrected chi connectivity index (χ2v) is 9.60. The first kappa shape index (κ1) is 26.9. The molecule has 0 unspecified atom stereocenters. The number of hydrogen-bond donors (Lipinski definition) is 4. The summed E-state index contributed by atoms with van der Waals surface area (Å²) in [5.74, 6) is -0.108. The average Bonchev–Trinajstić information content (AvgIpc) is 2.94. The van der Waals surface area contributed by atoms with E-state index in [-0.39, 0.29) is 28.6 Å². The van der Waals surface area contributed by atoms with Gasteiger partial charge in [0.2, 0.25) is 0 Å². The maximum atomic E-state index is 11.0. The SMILES string of the molecule is Cc1ccc(N=Nc2cc(O)c(N=Nc3c(C)cc4cc(N=Nc5ccc(O)cc5N)ccc4c3O)cc2C)cc1. The van der Waals surface area contributed by atoms with Gasteiger partial charge < -0.3 is 21.1 Å². The maximum Gasteiger partial charge on any atom is 0.151 e. The first-order chi connectivity index (χ1) is 19.7. The van der Waals surface area contributed by atoms with Crippen molar-refractivity contribution in [2.24, 2.45) is 30.7 Å². The number of aromatic hydroxyl groups is 3. The fraction of sp³-hybridized carbons (Fsp3) is 0.0968. The molecule has 0 fully saturated rings. The topological polar surface area (TPSA) is 161 Å². The Bertz CT molecular complexity index is 1860. The van der Waals surface area contributed by atoms with E-state index in [0.29, 0.717) is 39.4 Å². The Balaban J connectivity index is 1.39. The van der Waals surface area contributed by atoms with Crippen molar-refractivity contribution in [1.82, 2.24) is 0 Å². The van der Waals surface area contributed by atoms with Gasteiger partial charge in [0.05, 0.1) is 22.7 Å². The predicted octanol–water partition coefficient (Wildman–Crippen LogP) is 9.71. The lowest BCUT2D eigenvalue weighted by Gasteiger charge is -2.08. The highest BCUT2D eigenvalue weighted by Gasteiger charge is 2.12. The summed E-state index contributed by atoms with van der Waals surface area (Å²) < 4.78 is 0. The third kappa shape index (κ3) is 6.01. The van der Waals surface area contributed by atoms with Gasteiger partial charge in [-0.25, -0.2) is 0 Å². The molecule has 0 amide bonds. The number of phenols is 3. The van der Waals surface area contributed by atoms with Crippen molar-refractivity contribution >= 4 is 50.6 Å². The summed E-state index contributed by atoms with van der Waals surface area (Å²) in [6, 6.07) is 22.3. The van der Waals surface area contributed by atoms with Crippen LogP contribution in [-0.4, -0.2) is 15.3 Å². The molecule has 0 aliphatic heterocycles. The summed E-state index contributed by atoms with van der Waals surface area (Å²) >= 11 is 0. The van der Waals surface area contributed by atoms with Crippen LogP contribution in [0.1, 0.15) is 16.7 Å². The molecule has 5 rings (SSSR count). The number of nitrogens with two attached hydrogens (primary N) is 1. The number of azo groups is 3. The molecule has 0 spiro atoms. The van der Waals surface area contributed by atoms with Crippen LogP contribution in [0.4, 0.5) is 39.8 Å². The van der Waals surface area contributed by atoms with Gasteiger partial charge in [0.1, 0.15) is 28.6 Å². The minimum Gasteiger partial charge on any atom is -0.508 e. The Labute approximate surface area is 235 Å². The number of aryl methyl sites for hydroxylation is 3. The van der Waals surface area contributed by atoms with Gasteiger partial charge >= 0.3 is 0 Å². The first-order valence-electron chi connectivity index (χ1n) is 12.7. The number of rotatable bonds is 6. The molecule has 0 radical (unpaired) electrons. The summed E-state index contributed by atoms with van der Waals surface area (Å²) in [5, 5.41) is 57.7. The lowest BCUT2D eigenvalue weighted by Crippen LogP contribution is -1.84. The van der Waals surface area contributed by atoms with Crippen LogP contribution < -0.4 is 5.73 Å². The van der Waals surface area contributed by atoms with Gasteiger partial charge in [-0.1, -0.05) is 17.7 Å². The highest BCUT2D eigenvalue weighted by molar-refractivity contribution is 5.95. The van der Waals surface area contributed by atoms with Crippen LogP contribution in [-0.2, 0) is 0 Å². The number of fused-ring (bicyclic) bond motifs is 1. The van der Waals surface area contributed by atoms with E-state index in [9.17, 15) is 15.3 Å². The molecule has 204 valence electrons. The molecule has 0 atom stereocenters. The quantitative estimate of drug-likeness (QED) is 0.123. The van der Waals surface area contributed by atoms with Crippen molar-refractivity contribution in [3.8, 4) is 17.2 Å². The molecule has 41 heavy (non-hydrogen) atoms. The lowest BCUT2D eigenvalue weighted by molar-refractivity contribution is 0.475. The number of nitrogens with zero attached hydrogens (tertiary/aromatic N) is 6. The molecule has 5 N–H and O–H groups in total. The molecule has 5 aromatic rings. The Kier molecular flexibility index (Phi) is 7.38. The van der Waals surface area contributed by atoms with E-state index in [1.807, 2.05) is 44.2 Å². The molecule has 0 bridgehead atoms. The highest BCUT2D eigenvalue weighted by atomic mass is 16.3. The fourth-order valence-corrected chi connectivity index (χ4v) is 4.12. The van der Waals surface area contributed by atoms with Gasteiger partial charge in [-0.05, 0) is 91.9 Å². The van der Waals surface area contributed by atoms with Gasteiger partial charge in [0, 0.05) is 17.5 Å². The van der Waals surface area contributed by atoms with E-state index in [2.05, 4.69) is 30.7 Å². The summed E-state index contributed by atoms with van der Waals surface area (Å²) in [6.45, 7) is 5.64. The molecule has 0 aliphatic rings. The molecule has 10 nitrogen and oxygen atoms in total. The standard InChI is InChI=1S/C31H27N7O3/c1-17-4-6-21(7-5-17)33-36-27-16-29(40)28(13-18(27)2)37-38-30-19(3)12-20-14-22(8-10-24(20)31(30)41)34-35-26-11-9-23(39)15-25(26)32/h4-16,39-41H,32H2,1-3H3. The first-order valence-corrected chi connectivity index (χ1v) is 12.7. The second kappa shape index (κ2) is 11.2. The van der Waals surface area contributed by atoms with Crippen molar-refractivity contribution in [2.75, 3.05) is 5.73 Å². The van der Waals surface area contributed by atoms with Crippen molar-refractivity contribution in [2.45, 2.75) is 20.8 Å². The molecule has 0 saturated heterocycles. The van der Waals surface area contributed by atoms with Gasteiger partial charge in [0.25, 0.3) is 0 Å². The predicted molar refractivity (Wildman–Crippen MR) is 159 cm³/mol. The van der Waals surface area contributed by atoms with Crippen molar-refractivity contribution in [3.05, 3.63) is 95.6 Å². The second-order valence-electron chi connectivity index (χ2n) is 9.60. The van der Waals surface area contributed by atoms with Gasteiger partial charge in [-0.15, -0.1) is 15.3 Å². The van der Waals surface area contributed by atoms with E-state index in [0.717, 1.165) is 16.5 Å². The molecule has 0 aliphatic carbocycles. The van der Waals surface area contributed by atoms with E-state index in [4.69, 9.17) is 5.73 Å². The number of nitrogen functional groups attached to an aromatic ring is 1. The van der Waals surface area contributed by atoms with Crippen molar-refractivity contribution in [3.63, 3.8) is 0 Å². The summed E-state index contributed by atoms with van der Waals surface area (Å²) in [7, 11) is 0. The normalized spacial score (nSPS) is 11.9. The molecule has 0 aromatic heterocycles. The molecule has 5 aromatic carbocycles. The van der Waals surface area contributed by atoms with Crippen LogP contribution in [0.15, 0.2) is 110 Å². The smallest absolute Gasteiger partial charge is 0.151 e. The zero-order valence-corrected chi connectivity index (χ0v) is 22.6. The minimum atomic E-state index is -0.112. The minimum absolute atomic E-state index is 0.0465. The Hall–Kier alpha value is -5.64. The fourth-order valence-electron chi connectivity index (χ4n) is 4.12. The number of benzene rings is 5. The van der Waals surface area contributed by atoms with Crippen LogP contribution in [0.2, 0.25) is 0 Å². The lowest BCUT2D eigenvalue weighted by atomic mass is 10.0. The van der Waals surface area contributed by atoms with Gasteiger partial charge in [0.15, 0.2) is 5.75 Å². The Morgan fingerprint density at radius 3 is 2.00 bits per heavy atom. The van der Waals surface area contributed by atoms with Crippen molar-refractivity contribution in [1.29, 1.82) is 0 Å². The number of hydrogen-bond acceptors (Lipinski definition) is 10. The Morgan fingerprint density at radius 1 is 0.561 bits per heavy atom. The van der Waals surface area contributed by atoms with Gasteiger partial charge in [-0.2, -0.15) is 15.3 Å². The van der Waals surface area contributed by atoms with Crippen LogP contribution in [0.25, 0.3) is 10.8 Å². The summed E-state index contributed by atoms with van der Waals surface area (Å²) in [5.41, 5.74) is 11.5. The average molecular weight is 546 g/mol. The largest absolute Gasteiger partial charge is 0.508 e. The monoisotopic (exact) mass is 545 g/mol. The zero-order chi connectivity index (χ0) is 29.1. The molecule has 10 heteroatoms. The van der Waals surface area contributed by atoms with Gasteiger partial charge in [-0.3, -0.25) is 0 Å². The van der Waals surface area contributed by atoms with Crippen LogP contribution >= 0.6 is 0 Å². The summed E-state index contributed by atoms with van der Waals surface area (Å²) in [4.78, 5) is 0. The van der Waals surface area contributed by atoms with Crippen LogP contribution in [0.5, 0.6) is 17.2 Å². The van der Waals surface area contributed by atoms with E-state index in [1.54, 1.807) is 37.3 Å². The third-order valence-electron chi connectivity index (χ3n) is 6.40.